The van der Waals surface area contributed by atoms with Crippen molar-refractivity contribution < 1.29 is 4.74 Å². The molecule has 2 atom stereocenters. The lowest BCUT2D eigenvalue weighted by molar-refractivity contribution is 0.249. The predicted octanol–water partition coefficient (Wildman–Crippen LogP) is 2.30. The smallest absolute Gasteiger partial charge is 0.137 e. The fourth-order valence-corrected chi connectivity index (χ4v) is 1.75. The van der Waals surface area contributed by atoms with Crippen LogP contribution in [0.4, 0.5) is 0 Å². The van der Waals surface area contributed by atoms with E-state index in [0.29, 0.717) is 5.92 Å². The number of hydrogen-bond acceptors (Lipinski definition) is 3. The highest BCUT2D eigenvalue weighted by Crippen LogP contribution is 2.42. The normalized spacial score (nSPS) is 26.2. The molecule has 2 rings (SSSR count). The first-order valence-electron chi connectivity index (χ1n) is 4.98. The van der Waals surface area contributed by atoms with Gasteiger partial charge in [0.1, 0.15) is 12.4 Å². The zero-order valence-electron chi connectivity index (χ0n) is 9.47. The van der Waals surface area contributed by atoms with Gasteiger partial charge in [0.05, 0.1) is 11.7 Å². The van der Waals surface area contributed by atoms with Gasteiger partial charge in [-0.3, -0.25) is 4.98 Å². The summed E-state index contributed by atoms with van der Waals surface area (Å²) in [6.45, 7) is 2.97. The molecule has 1 fully saturated rings. The number of rotatable bonds is 4. The molecule has 1 aromatic heterocycles. The van der Waals surface area contributed by atoms with Crippen molar-refractivity contribution >= 4 is 24.8 Å². The maximum absolute atomic E-state index is 5.67. The highest BCUT2D eigenvalue weighted by atomic mass is 35.5. The molecular weight excluding hydrogens is 247 g/mol. The number of likely N-dealkylation sites (N-methyl/N-ethyl adjacent to an activating group) is 1. The van der Waals surface area contributed by atoms with E-state index in [2.05, 4.69) is 17.2 Å². The van der Waals surface area contributed by atoms with Gasteiger partial charge < -0.3 is 10.1 Å². The summed E-state index contributed by atoms with van der Waals surface area (Å²) in [5.74, 6) is 1.56. The lowest BCUT2D eigenvalue weighted by Crippen LogP contribution is -2.36. The summed E-state index contributed by atoms with van der Waals surface area (Å²) in [4.78, 5) is 4.01. The summed E-state index contributed by atoms with van der Waals surface area (Å²) in [6.07, 6.45) is 4.70. The summed E-state index contributed by atoms with van der Waals surface area (Å²) in [5.41, 5.74) is 0.204. The number of hydrogen-bond donors (Lipinski definition) is 1. The Morgan fingerprint density at radius 2 is 2.25 bits per heavy atom. The van der Waals surface area contributed by atoms with Crippen molar-refractivity contribution in [3.63, 3.8) is 0 Å². The Kier molecular flexibility index (Phi) is 6.08. The second-order valence-electron chi connectivity index (χ2n) is 3.99. The number of nitrogens with one attached hydrogen (secondary N) is 1. The van der Waals surface area contributed by atoms with Gasteiger partial charge in [-0.2, -0.15) is 0 Å². The maximum Gasteiger partial charge on any atom is 0.137 e. The van der Waals surface area contributed by atoms with Crippen molar-refractivity contribution in [1.29, 1.82) is 0 Å². The number of halogens is 2. The zero-order valence-corrected chi connectivity index (χ0v) is 11.1. The molecule has 92 valence electrons. The molecule has 0 amide bonds. The molecule has 0 unspecified atom stereocenters. The Labute approximate surface area is 109 Å². The predicted molar refractivity (Wildman–Crippen MR) is 69.8 cm³/mol. The van der Waals surface area contributed by atoms with Crippen LogP contribution in [0.1, 0.15) is 13.3 Å². The third kappa shape index (κ3) is 3.24. The fourth-order valence-electron chi connectivity index (χ4n) is 1.75. The summed E-state index contributed by atoms with van der Waals surface area (Å²) in [6, 6.07) is 3.82. The molecule has 1 aliphatic rings. The van der Waals surface area contributed by atoms with E-state index >= 15 is 0 Å². The fraction of sp³-hybridized carbons (Fsp3) is 0.545. The number of pyridine rings is 1. The summed E-state index contributed by atoms with van der Waals surface area (Å²) in [7, 11) is 2.00. The molecule has 0 spiro atoms. The summed E-state index contributed by atoms with van der Waals surface area (Å²) >= 11 is 0. The van der Waals surface area contributed by atoms with Crippen molar-refractivity contribution in [3.05, 3.63) is 24.5 Å². The standard InChI is InChI=1S/C11H16N2O.2ClH/c1-9-6-11(9,12-2)8-14-10-4-3-5-13-7-10;;/h3-5,7,9,12H,6,8H2,1-2H3;2*1H/t9-,11-;;/m0../s1. The summed E-state index contributed by atoms with van der Waals surface area (Å²) in [5, 5.41) is 3.33. The first kappa shape index (κ1) is 15.5. The molecule has 5 heteroatoms. The number of aromatic nitrogens is 1. The van der Waals surface area contributed by atoms with Crippen LogP contribution >= 0.6 is 24.8 Å². The zero-order chi connectivity index (χ0) is 10.0. The molecule has 3 nitrogen and oxygen atoms in total. The second-order valence-corrected chi connectivity index (χ2v) is 3.99. The number of nitrogens with zero attached hydrogens (tertiary/aromatic N) is 1. The SMILES string of the molecule is CN[C@]1(COc2cccnc2)C[C@@H]1C.Cl.Cl. The monoisotopic (exact) mass is 264 g/mol. The van der Waals surface area contributed by atoms with Crippen molar-refractivity contribution in [1.82, 2.24) is 10.3 Å². The van der Waals surface area contributed by atoms with Gasteiger partial charge in [-0.05, 0) is 31.5 Å². The van der Waals surface area contributed by atoms with E-state index in [1.807, 2.05) is 19.2 Å². The lowest BCUT2D eigenvalue weighted by atomic mass is 10.2. The van der Waals surface area contributed by atoms with E-state index in [0.717, 1.165) is 12.4 Å². The van der Waals surface area contributed by atoms with Crippen LogP contribution in [0, 0.1) is 5.92 Å². The number of ether oxygens (including phenoxy) is 1. The van der Waals surface area contributed by atoms with E-state index in [-0.39, 0.29) is 30.4 Å². The third-order valence-electron chi connectivity index (χ3n) is 3.08. The Balaban J connectivity index is 0.00000112. The van der Waals surface area contributed by atoms with Crippen LogP contribution in [-0.2, 0) is 0 Å². The first-order valence-corrected chi connectivity index (χ1v) is 4.98. The first-order chi connectivity index (χ1) is 6.77. The molecule has 1 heterocycles. The third-order valence-corrected chi connectivity index (χ3v) is 3.08. The van der Waals surface area contributed by atoms with E-state index in [1.165, 1.54) is 6.42 Å². The Hall–Kier alpha value is -0.510. The van der Waals surface area contributed by atoms with Gasteiger partial charge >= 0.3 is 0 Å². The minimum absolute atomic E-state index is 0. The average molecular weight is 265 g/mol. The highest BCUT2D eigenvalue weighted by molar-refractivity contribution is 5.85. The van der Waals surface area contributed by atoms with E-state index in [4.69, 9.17) is 4.74 Å². The van der Waals surface area contributed by atoms with Crippen LogP contribution in [-0.4, -0.2) is 24.2 Å². The molecule has 1 aromatic rings. The maximum atomic E-state index is 5.67. The summed E-state index contributed by atoms with van der Waals surface area (Å²) < 4.78 is 5.67. The molecule has 0 aromatic carbocycles. The van der Waals surface area contributed by atoms with Gasteiger partial charge in [0, 0.05) is 6.20 Å². The Morgan fingerprint density at radius 3 is 2.69 bits per heavy atom. The largest absolute Gasteiger partial charge is 0.490 e. The van der Waals surface area contributed by atoms with Crippen molar-refractivity contribution in [2.24, 2.45) is 5.92 Å². The second kappa shape index (κ2) is 6.28. The van der Waals surface area contributed by atoms with Gasteiger partial charge in [-0.1, -0.05) is 6.92 Å². The Bertz CT molecular complexity index is 306. The Morgan fingerprint density at radius 1 is 1.56 bits per heavy atom. The topological polar surface area (TPSA) is 34.1 Å². The average Bonchev–Trinajstić information content (AvgIpc) is 2.89. The van der Waals surface area contributed by atoms with Crippen LogP contribution in [0.2, 0.25) is 0 Å². The van der Waals surface area contributed by atoms with Crippen LogP contribution in [0.3, 0.4) is 0 Å². The van der Waals surface area contributed by atoms with Crippen molar-refractivity contribution in [2.45, 2.75) is 18.9 Å². The van der Waals surface area contributed by atoms with Gasteiger partial charge in [0.15, 0.2) is 0 Å². The molecular formula is C11H18Cl2N2O. The molecule has 0 saturated heterocycles. The molecule has 1 saturated carbocycles. The lowest BCUT2D eigenvalue weighted by Gasteiger charge is -2.16. The van der Waals surface area contributed by atoms with Crippen molar-refractivity contribution in [3.8, 4) is 5.75 Å². The van der Waals surface area contributed by atoms with Crippen LogP contribution in [0.25, 0.3) is 0 Å². The highest BCUT2D eigenvalue weighted by Gasteiger charge is 2.50. The van der Waals surface area contributed by atoms with Gasteiger partial charge in [-0.25, -0.2) is 0 Å². The van der Waals surface area contributed by atoms with Gasteiger partial charge in [-0.15, -0.1) is 24.8 Å². The molecule has 0 radical (unpaired) electrons. The van der Waals surface area contributed by atoms with Crippen LogP contribution in [0.5, 0.6) is 5.75 Å². The van der Waals surface area contributed by atoms with Gasteiger partial charge in [0.2, 0.25) is 0 Å². The molecule has 16 heavy (non-hydrogen) atoms. The molecule has 0 aliphatic heterocycles. The van der Waals surface area contributed by atoms with Crippen molar-refractivity contribution in [2.75, 3.05) is 13.7 Å². The van der Waals surface area contributed by atoms with Crippen LogP contribution < -0.4 is 10.1 Å². The molecule has 1 aliphatic carbocycles. The van der Waals surface area contributed by atoms with Gasteiger partial charge in [0.25, 0.3) is 0 Å². The minimum Gasteiger partial charge on any atom is -0.490 e. The van der Waals surface area contributed by atoms with E-state index < -0.39 is 0 Å². The van der Waals surface area contributed by atoms with E-state index in [9.17, 15) is 0 Å². The van der Waals surface area contributed by atoms with Crippen LogP contribution in [0.15, 0.2) is 24.5 Å². The van der Waals surface area contributed by atoms with E-state index in [1.54, 1.807) is 12.4 Å². The minimum atomic E-state index is 0. The quantitative estimate of drug-likeness (QED) is 0.907. The molecule has 0 bridgehead atoms. The molecule has 1 N–H and O–H groups in total.